The molecule has 0 amide bonds. The molecule has 0 spiro atoms. The van der Waals surface area contributed by atoms with Crippen molar-refractivity contribution in [1.82, 2.24) is 0 Å². The number of hydrogen-bond donors (Lipinski definition) is 0. The monoisotopic (exact) mass is 222 g/mol. The molecule has 0 bridgehead atoms. The van der Waals surface area contributed by atoms with Crippen molar-refractivity contribution >= 4 is 19.7 Å². The van der Waals surface area contributed by atoms with Crippen LogP contribution in [0, 0.1) is 0 Å². The third kappa shape index (κ3) is 2.53. The largest absolute Gasteiger partial charge is 0.223 e. The predicted molar refractivity (Wildman–Crippen MR) is 52.2 cm³/mol. The van der Waals surface area contributed by atoms with Gasteiger partial charge in [0.05, 0.1) is 0 Å². The zero-order chi connectivity index (χ0) is 10.7. The van der Waals surface area contributed by atoms with Crippen LogP contribution in [0.5, 0.6) is 0 Å². The summed E-state index contributed by atoms with van der Waals surface area (Å²) in [7, 11) is -7.79. The van der Waals surface area contributed by atoms with Gasteiger partial charge in [-0.1, -0.05) is 19.2 Å². The van der Waals surface area contributed by atoms with Gasteiger partial charge in [0.1, 0.15) is 0 Å². The van der Waals surface area contributed by atoms with Crippen molar-refractivity contribution in [3.05, 3.63) is 36.6 Å². The van der Waals surface area contributed by atoms with Crippen LogP contribution in [0.25, 0.3) is 0 Å². The Kier molecular flexibility index (Phi) is 3.62. The predicted octanol–water partition coefficient (Wildman–Crippen LogP) is 0.615. The summed E-state index contributed by atoms with van der Waals surface area (Å²) in [5.41, 5.74) is 0. The second-order valence-electron chi connectivity index (χ2n) is 2.12. The lowest BCUT2D eigenvalue weighted by Crippen LogP contribution is -2.24. The molecule has 0 N–H and O–H groups in total. The van der Waals surface area contributed by atoms with Crippen molar-refractivity contribution in [3.63, 3.8) is 0 Å². The standard InChI is InChI=1S/C7H10O4S2/c1-4-7(12(8,9)5-2)13(10,11)6-3/h4-7H,1-3H2. The number of rotatable bonds is 5. The fourth-order valence-electron chi connectivity index (χ4n) is 0.645. The van der Waals surface area contributed by atoms with Crippen molar-refractivity contribution in [2.45, 2.75) is 4.58 Å². The van der Waals surface area contributed by atoms with Gasteiger partial charge in [-0.2, -0.15) is 0 Å². The van der Waals surface area contributed by atoms with Crippen LogP contribution in [0.15, 0.2) is 36.6 Å². The Bertz CT molecular complexity index is 375. The molecule has 0 aliphatic rings. The minimum absolute atomic E-state index is 0.584. The molecule has 74 valence electrons. The van der Waals surface area contributed by atoms with E-state index in [0.717, 1.165) is 6.08 Å². The van der Waals surface area contributed by atoms with Gasteiger partial charge >= 0.3 is 0 Å². The SMILES string of the molecule is C=CC(S(=O)(=O)C=C)S(=O)(=O)C=C. The van der Waals surface area contributed by atoms with Crippen LogP contribution in [-0.2, 0) is 19.7 Å². The zero-order valence-electron chi connectivity index (χ0n) is 6.88. The van der Waals surface area contributed by atoms with E-state index in [4.69, 9.17) is 0 Å². The second-order valence-corrected chi connectivity index (χ2v) is 6.45. The molecule has 0 aromatic rings. The van der Waals surface area contributed by atoms with Crippen LogP contribution < -0.4 is 0 Å². The van der Waals surface area contributed by atoms with E-state index in [1.54, 1.807) is 0 Å². The fourth-order valence-corrected chi connectivity index (χ4v) is 3.53. The summed E-state index contributed by atoms with van der Waals surface area (Å²) in [6.07, 6.45) is 0.827. The Morgan fingerprint density at radius 3 is 1.31 bits per heavy atom. The first-order valence-electron chi connectivity index (χ1n) is 3.17. The normalized spacial score (nSPS) is 12.4. The van der Waals surface area contributed by atoms with Gasteiger partial charge in [-0.05, 0) is 0 Å². The first-order chi connectivity index (χ1) is 5.81. The topological polar surface area (TPSA) is 68.3 Å². The van der Waals surface area contributed by atoms with Gasteiger partial charge in [-0.15, -0.1) is 6.58 Å². The van der Waals surface area contributed by atoms with Gasteiger partial charge in [-0.25, -0.2) is 16.8 Å². The van der Waals surface area contributed by atoms with Gasteiger partial charge in [0, 0.05) is 10.8 Å². The number of sulfone groups is 2. The average Bonchev–Trinajstić information content (AvgIpc) is 2.05. The highest BCUT2D eigenvalue weighted by Crippen LogP contribution is 2.13. The molecule has 0 rings (SSSR count). The van der Waals surface area contributed by atoms with Crippen molar-refractivity contribution < 1.29 is 16.8 Å². The minimum Gasteiger partial charge on any atom is -0.223 e. The van der Waals surface area contributed by atoms with Crippen LogP contribution in [0.2, 0.25) is 0 Å². The average molecular weight is 222 g/mol. The zero-order valence-corrected chi connectivity index (χ0v) is 8.51. The van der Waals surface area contributed by atoms with Crippen LogP contribution in [0.1, 0.15) is 0 Å². The van der Waals surface area contributed by atoms with Crippen LogP contribution in [-0.4, -0.2) is 21.4 Å². The lowest BCUT2D eigenvalue weighted by Gasteiger charge is -2.07. The highest BCUT2D eigenvalue weighted by molar-refractivity contribution is 8.11. The molecule has 0 heterocycles. The molecule has 4 nitrogen and oxygen atoms in total. The summed E-state index contributed by atoms with van der Waals surface area (Å²) in [5, 5.41) is 1.17. The summed E-state index contributed by atoms with van der Waals surface area (Å²) >= 11 is 0. The molecule has 0 aliphatic heterocycles. The molecular formula is C7H10O4S2. The van der Waals surface area contributed by atoms with E-state index < -0.39 is 24.3 Å². The molecule has 13 heavy (non-hydrogen) atoms. The molecule has 0 aromatic heterocycles. The molecule has 0 saturated carbocycles. The van der Waals surface area contributed by atoms with E-state index in [0.29, 0.717) is 10.8 Å². The summed E-state index contributed by atoms with van der Waals surface area (Å²) in [6, 6.07) is 0. The smallest absolute Gasteiger partial charge is 0.192 e. The Hall–Kier alpha value is -0.880. The Morgan fingerprint density at radius 2 is 1.15 bits per heavy atom. The molecular weight excluding hydrogens is 212 g/mol. The first-order valence-corrected chi connectivity index (χ1v) is 6.39. The van der Waals surface area contributed by atoms with E-state index >= 15 is 0 Å². The first kappa shape index (κ1) is 12.1. The van der Waals surface area contributed by atoms with Gasteiger partial charge in [-0.3, -0.25) is 0 Å². The third-order valence-corrected chi connectivity index (χ3v) is 5.52. The fraction of sp³-hybridized carbons (Fsp3) is 0.143. The second kappa shape index (κ2) is 3.89. The summed E-state index contributed by atoms with van der Waals surface area (Å²) < 4.78 is 42.8. The quantitative estimate of drug-likeness (QED) is 0.639. The van der Waals surface area contributed by atoms with Gasteiger partial charge < -0.3 is 0 Å². The molecule has 0 fully saturated rings. The molecule has 0 aliphatic carbocycles. The van der Waals surface area contributed by atoms with Crippen LogP contribution in [0.4, 0.5) is 0 Å². The van der Waals surface area contributed by atoms with Crippen LogP contribution in [0.3, 0.4) is 0 Å². The Balaban J connectivity index is 5.56. The van der Waals surface area contributed by atoms with Crippen molar-refractivity contribution in [2.75, 3.05) is 0 Å². The van der Waals surface area contributed by atoms with Gasteiger partial charge in [0.15, 0.2) is 24.3 Å². The van der Waals surface area contributed by atoms with E-state index in [9.17, 15) is 16.8 Å². The van der Waals surface area contributed by atoms with Crippen molar-refractivity contribution in [1.29, 1.82) is 0 Å². The van der Waals surface area contributed by atoms with E-state index in [1.807, 2.05) is 0 Å². The van der Waals surface area contributed by atoms with E-state index in [-0.39, 0.29) is 0 Å². The molecule has 0 radical (unpaired) electrons. The molecule has 0 atom stereocenters. The summed E-state index contributed by atoms with van der Waals surface area (Å²) in [6.45, 7) is 9.16. The Labute approximate surface area is 78.1 Å². The maximum atomic E-state index is 11.1. The van der Waals surface area contributed by atoms with Crippen molar-refractivity contribution in [2.24, 2.45) is 0 Å². The van der Waals surface area contributed by atoms with Gasteiger partial charge in [0.2, 0.25) is 0 Å². The lowest BCUT2D eigenvalue weighted by molar-refractivity contribution is 0.591. The third-order valence-electron chi connectivity index (χ3n) is 1.30. The highest BCUT2D eigenvalue weighted by atomic mass is 32.3. The van der Waals surface area contributed by atoms with Crippen LogP contribution >= 0.6 is 0 Å². The maximum Gasteiger partial charge on any atom is 0.192 e. The summed E-state index contributed by atoms with van der Waals surface area (Å²) in [5.74, 6) is 0. The lowest BCUT2D eigenvalue weighted by atomic mass is 10.8. The molecule has 0 unspecified atom stereocenters. The van der Waals surface area contributed by atoms with Crippen molar-refractivity contribution in [3.8, 4) is 0 Å². The molecule has 0 saturated heterocycles. The van der Waals surface area contributed by atoms with E-state index in [1.165, 1.54) is 0 Å². The molecule has 6 heteroatoms. The minimum atomic E-state index is -3.89. The molecule has 0 aromatic carbocycles. The van der Waals surface area contributed by atoms with E-state index in [2.05, 4.69) is 19.7 Å². The highest BCUT2D eigenvalue weighted by Gasteiger charge is 2.30. The maximum absolute atomic E-state index is 11.1. The van der Waals surface area contributed by atoms with Gasteiger partial charge in [0.25, 0.3) is 0 Å². The Morgan fingerprint density at radius 1 is 0.846 bits per heavy atom. The summed E-state index contributed by atoms with van der Waals surface area (Å²) in [4.78, 5) is 0. The number of hydrogen-bond acceptors (Lipinski definition) is 4.